The number of nitrogens with one attached hydrogen (secondary N) is 1. The van der Waals surface area contributed by atoms with Gasteiger partial charge in [-0.05, 0) is 29.7 Å². The van der Waals surface area contributed by atoms with Crippen molar-refractivity contribution in [2.24, 2.45) is 0 Å². The van der Waals surface area contributed by atoms with E-state index in [0.29, 0.717) is 35.3 Å². The summed E-state index contributed by atoms with van der Waals surface area (Å²) in [5, 5.41) is 2.90. The molecule has 0 unspecified atom stereocenters. The van der Waals surface area contributed by atoms with Crippen LogP contribution in [0.1, 0.15) is 27.2 Å². The quantitative estimate of drug-likeness (QED) is 0.469. The second kappa shape index (κ2) is 8.10. The molecular formula is C23H19F3N2O2. The molecule has 0 radical (unpaired) electrons. The van der Waals surface area contributed by atoms with Crippen LogP contribution in [0.4, 0.5) is 13.2 Å². The summed E-state index contributed by atoms with van der Waals surface area (Å²) in [6.45, 7) is 0.721. The van der Waals surface area contributed by atoms with Gasteiger partial charge in [0.2, 0.25) is 0 Å². The van der Waals surface area contributed by atoms with E-state index in [1.807, 2.05) is 30.3 Å². The Kier molecular flexibility index (Phi) is 5.35. The second-order valence-electron chi connectivity index (χ2n) is 6.97. The molecule has 2 aromatic carbocycles. The van der Waals surface area contributed by atoms with Crippen molar-refractivity contribution in [3.05, 3.63) is 95.4 Å². The van der Waals surface area contributed by atoms with Crippen LogP contribution in [-0.4, -0.2) is 17.0 Å². The average Bonchev–Trinajstić information content (AvgIpc) is 3.31. The van der Waals surface area contributed by atoms with Gasteiger partial charge in [0.05, 0.1) is 17.3 Å². The SMILES string of the molecule is O=C(NCCc1ccccc1)c1cc2occc2n1Cc1ccc(C(F)(F)F)cc1. The number of hydrogen-bond donors (Lipinski definition) is 1. The van der Waals surface area contributed by atoms with Crippen LogP contribution in [0.3, 0.4) is 0 Å². The van der Waals surface area contributed by atoms with Crippen LogP contribution in [0.5, 0.6) is 0 Å². The number of amides is 1. The normalized spacial score (nSPS) is 11.7. The first-order valence-corrected chi connectivity index (χ1v) is 9.47. The average molecular weight is 412 g/mol. The lowest BCUT2D eigenvalue weighted by atomic mass is 10.1. The zero-order valence-corrected chi connectivity index (χ0v) is 15.9. The molecule has 1 N–H and O–H groups in total. The molecule has 4 rings (SSSR count). The third kappa shape index (κ3) is 4.25. The molecule has 0 aliphatic rings. The van der Waals surface area contributed by atoms with Gasteiger partial charge in [-0.1, -0.05) is 42.5 Å². The first-order chi connectivity index (χ1) is 14.4. The number of alkyl halides is 3. The molecule has 0 aliphatic carbocycles. The molecule has 2 heterocycles. The van der Waals surface area contributed by atoms with E-state index in [1.54, 1.807) is 16.7 Å². The molecule has 2 aromatic heterocycles. The molecule has 0 fully saturated rings. The molecule has 0 aliphatic heterocycles. The summed E-state index contributed by atoms with van der Waals surface area (Å²) in [6.07, 6.45) is -2.17. The van der Waals surface area contributed by atoms with Crippen LogP contribution in [0.2, 0.25) is 0 Å². The number of carbonyl (C=O) groups is 1. The van der Waals surface area contributed by atoms with Gasteiger partial charge in [-0.3, -0.25) is 4.79 Å². The highest BCUT2D eigenvalue weighted by molar-refractivity contribution is 5.97. The number of nitrogens with zero attached hydrogens (tertiary/aromatic N) is 1. The first-order valence-electron chi connectivity index (χ1n) is 9.47. The van der Waals surface area contributed by atoms with Gasteiger partial charge in [0.15, 0.2) is 5.58 Å². The molecule has 30 heavy (non-hydrogen) atoms. The van der Waals surface area contributed by atoms with Crippen molar-refractivity contribution in [3.8, 4) is 0 Å². The highest BCUT2D eigenvalue weighted by atomic mass is 19.4. The lowest BCUT2D eigenvalue weighted by molar-refractivity contribution is -0.137. The van der Waals surface area contributed by atoms with Crippen molar-refractivity contribution in [3.63, 3.8) is 0 Å². The van der Waals surface area contributed by atoms with E-state index in [-0.39, 0.29) is 12.5 Å². The Hall–Kier alpha value is -3.48. The van der Waals surface area contributed by atoms with Crippen LogP contribution < -0.4 is 5.32 Å². The third-order valence-corrected chi connectivity index (χ3v) is 4.92. The van der Waals surface area contributed by atoms with Gasteiger partial charge in [-0.15, -0.1) is 0 Å². The van der Waals surface area contributed by atoms with Gasteiger partial charge < -0.3 is 14.3 Å². The fourth-order valence-corrected chi connectivity index (χ4v) is 3.37. The number of aromatic nitrogens is 1. The number of furan rings is 1. The smallest absolute Gasteiger partial charge is 0.416 e. The minimum absolute atomic E-state index is 0.253. The molecule has 1 amide bonds. The van der Waals surface area contributed by atoms with Gasteiger partial charge in [0.25, 0.3) is 5.91 Å². The summed E-state index contributed by atoms with van der Waals surface area (Å²) in [4.78, 5) is 12.8. The maximum atomic E-state index is 12.8. The Bertz CT molecular complexity index is 1140. The Morgan fingerprint density at radius 2 is 1.70 bits per heavy atom. The summed E-state index contributed by atoms with van der Waals surface area (Å²) in [5.74, 6) is -0.260. The number of rotatable bonds is 6. The fraction of sp³-hybridized carbons (Fsp3) is 0.174. The monoisotopic (exact) mass is 412 g/mol. The summed E-state index contributed by atoms with van der Waals surface area (Å²) >= 11 is 0. The zero-order valence-electron chi connectivity index (χ0n) is 15.9. The Balaban J connectivity index is 1.52. The van der Waals surface area contributed by atoms with Gasteiger partial charge in [-0.2, -0.15) is 13.2 Å². The van der Waals surface area contributed by atoms with Crippen molar-refractivity contribution in [2.45, 2.75) is 19.1 Å². The molecule has 0 saturated carbocycles. The van der Waals surface area contributed by atoms with Crippen LogP contribution in [0.25, 0.3) is 11.1 Å². The Morgan fingerprint density at radius 1 is 0.967 bits per heavy atom. The van der Waals surface area contributed by atoms with E-state index in [4.69, 9.17) is 4.42 Å². The van der Waals surface area contributed by atoms with Crippen molar-refractivity contribution < 1.29 is 22.4 Å². The molecule has 7 heteroatoms. The molecular weight excluding hydrogens is 393 g/mol. The van der Waals surface area contributed by atoms with Gasteiger partial charge in [0.1, 0.15) is 5.69 Å². The van der Waals surface area contributed by atoms with Crippen molar-refractivity contribution in [1.29, 1.82) is 0 Å². The zero-order chi connectivity index (χ0) is 21.1. The first kappa shape index (κ1) is 19.8. The summed E-state index contributed by atoms with van der Waals surface area (Å²) < 4.78 is 45.6. The molecule has 4 nitrogen and oxygen atoms in total. The third-order valence-electron chi connectivity index (χ3n) is 4.92. The predicted molar refractivity (Wildman–Crippen MR) is 107 cm³/mol. The topological polar surface area (TPSA) is 47.2 Å². The van der Waals surface area contributed by atoms with Crippen molar-refractivity contribution >= 4 is 17.0 Å². The summed E-state index contributed by atoms with van der Waals surface area (Å²) in [6, 6.07) is 18.1. The van der Waals surface area contributed by atoms with E-state index >= 15 is 0 Å². The van der Waals surface area contributed by atoms with E-state index in [9.17, 15) is 18.0 Å². The molecule has 0 atom stereocenters. The molecule has 4 aromatic rings. The van der Waals surface area contributed by atoms with Crippen LogP contribution in [-0.2, 0) is 19.1 Å². The van der Waals surface area contributed by atoms with Crippen LogP contribution in [0.15, 0.2) is 77.4 Å². The second-order valence-corrected chi connectivity index (χ2v) is 6.97. The Morgan fingerprint density at radius 3 is 2.40 bits per heavy atom. The number of hydrogen-bond acceptors (Lipinski definition) is 2. The summed E-state index contributed by atoms with van der Waals surface area (Å²) in [5.41, 5.74) is 2.73. The fourth-order valence-electron chi connectivity index (χ4n) is 3.37. The number of halogens is 3. The number of carbonyl (C=O) groups excluding carboxylic acids is 1. The van der Waals surface area contributed by atoms with Crippen molar-refractivity contribution in [2.75, 3.05) is 6.54 Å². The predicted octanol–water partition coefficient (Wildman–Crippen LogP) is 5.27. The molecule has 154 valence electrons. The van der Waals surface area contributed by atoms with Gasteiger partial charge >= 0.3 is 6.18 Å². The Labute approximate surface area is 170 Å². The molecule has 0 bridgehead atoms. The van der Waals surface area contributed by atoms with Gasteiger partial charge in [0, 0.05) is 25.2 Å². The van der Waals surface area contributed by atoms with E-state index < -0.39 is 11.7 Å². The van der Waals surface area contributed by atoms with E-state index in [1.165, 1.54) is 18.4 Å². The van der Waals surface area contributed by atoms with E-state index in [0.717, 1.165) is 17.7 Å². The largest absolute Gasteiger partial charge is 0.463 e. The lowest BCUT2D eigenvalue weighted by Crippen LogP contribution is -2.28. The highest BCUT2D eigenvalue weighted by Gasteiger charge is 2.30. The number of fused-ring (bicyclic) bond motifs is 1. The maximum absolute atomic E-state index is 12.8. The standard InChI is InChI=1S/C23H19F3N2O2/c24-23(25,26)18-8-6-17(7-9-18)15-28-19-11-13-30-21(19)14-20(28)22(29)27-12-10-16-4-2-1-3-5-16/h1-9,11,13-14H,10,12,15H2,(H,27,29). The van der Waals surface area contributed by atoms with Crippen LogP contribution >= 0.6 is 0 Å². The van der Waals surface area contributed by atoms with E-state index in [2.05, 4.69) is 5.32 Å². The minimum atomic E-state index is -4.38. The molecule has 0 spiro atoms. The maximum Gasteiger partial charge on any atom is 0.416 e. The minimum Gasteiger partial charge on any atom is -0.463 e. The molecule has 0 saturated heterocycles. The van der Waals surface area contributed by atoms with Crippen molar-refractivity contribution in [1.82, 2.24) is 9.88 Å². The lowest BCUT2D eigenvalue weighted by Gasteiger charge is -2.12. The van der Waals surface area contributed by atoms with Crippen LogP contribution in [0, 0.1) is 0 Å². The number of benzene rings is 2. The van der Waals surface area contributed by atoms with Gasteiger partial charge in [-0.25, -0.2) is 0 Å². The highest BCUT2D eigenvalue weighted by Crippen LogP contribution is 2.29. The summed E-state index contributed by atoms with van der Waals surface area (Å²) in [7, 11) is 0.